The Bertz CT molecular complexity index is 561. The second-order valence-corrected chi connectivity index (χ2v) is 4.78. The van der Waals surface area contributed by atoms with E-state index in [2.05, 4.69) is 5.16 Å². The largest absolute Gasteiger partial charge is 0.409 e. The lowest BCUT2D eigenvalue weighted by Crippen LogP contribution is -2.45. The summed E-state index contributed by atoms with van der Waals surface area (Å²) in [5.41, 5.74) is 6.28. The third-order valence-corrected chi connectivity index (χ3v) is 3.58. The Morgan fingerprint density at radius 2 is 2.43 bits per heavy atom. The molecule has 1 aromatic carbocycles. The molecule has 0 amide bonds. The van der Waals surface area contributed by atoms with Crippen LogP contribution in [0.3, 0.4) is 0 Å². The maximum Gasteiger partial charge on any atom is 0.293 e. The summed E-state index contributed by atoms with van der Waals surface area (Å²) in [5.74, 6) is -0.154. The normalized spacial score (nSPS) is 19.6. The van der Waals surface area contributed by atoms with Crippen LogP contribution in [0.5, 0.6) is 0 Å². The topological polar surface area (TPSA) is 114 Å². The SMILES string of the molecule is CCC1COCCN1c1ccc(C(N)=NO)cc1[N+](=O)[O-]. The van der Waals surface area contributed by atoms with E-state index in [4.69, 9.17) is 15.7 Å². The Labute approximate surface area is 121 Å². The first-order valence-corrected chi connectivity index (χ1v) is 6.69. The Balaban J connectivity index is 2.45. The molecule has 1 heterocycles. The minimum atomic E-state index is -0.453. The van der Waals surface area contributed by atoms with Gasteiger partial charge in [0.2, 0.25) is 0 Å². The fourth-order valence-electron chi connectivity index (χ4n) is 2.44. The predicted octanol–water partition coefficient (Wildman–Crippen LogP) is 1.30. The summed E-state index contributed by atoms with van der Waals surface area (Å²) in [4.78, 5) is 12.9. The fourth-order valence-corrected chi connectivity index (χ4v) is 2.44. The zero-order valence-corrected chi connectivity index (χ0v) is 11.7. The number of nitro benzene ring substituents is 1. The number of nitro groups is 1. The molecule has 0 radical (unpaired) electrons. The monoisotopic (exact) mass is 294 g/mol. The first-order valence-electron chi connectivity index (χ1n) is 6.69. The number of ether oxygens (including phenoxy) is 1. The molecule has 1 aliphatic rings. The minimum Gasteiger partial charge on any atom is -0.409 e. The highest BCUT2D eigenvalue weighted by molar-refractivity contribution is 5.98. The third-order valence-electron chi connectivity index (χ3n) is 3.58. The summed E-state index contributed by atoms with van der Waals surface area (Å²) in [7, 11) is 0. The van der Waals surface area contributed by atoms with Crippen molar-refractivity contribution in [3.8, 4) is 0 Å². The van der Waals surface area contributed by atoms with E-state index >= 15 is 0 Å². The average molecular weight is 294 g/mol. The van der Waals surface area contributed by atoms with Gasteiger partial charge in [-0.3, -0.25) is 10.1 Å². The fraction of sp³-hybridized carbons (Fsp3) is 0.462. The van der Waals surface area contributed by atoms with E-state index in [1.807, 2.05) is 11.8 Å². The number of hydrogen-bond donors (Lipinski definition) is 2. The molecule has 8 nitrogen and oxygen atoms in total. The molecule has 1 unspecified atom stereocenters. The van der Waals surface area contributed by atoms with Crippen LogP contribution < -0.4 is 10.6 Å². The predicted molar refractivity (Wildman–Crippen MR) is 77.9 cm³/mol. The lowest BCUT2D eigenvalue weighted by molar-refractivity contribution is -0.384. The quantitative estimate of drug-likeness (QED) is 0.284. The molecule has 1 atom stereocenters. The summed E-state index contributed by atoms with van der Waals surface area (Å²) in [6.07, 6.45) is 0.832. The number of morpholine rings is 1. The maximum absolute atomic E-state index is 11.3. The van der Waals surface area contributed by atoms with E-state index < -0.39 is 4.92 Å². The van der Waals surface area contributed by atoms with Crippen molar-refractivity contribution in [2.24, 2.45) is 10.9 Å². The van der Waals surface area contributed by atoms with Crippen LogP contribution in [0.4, 0.5) is 11.4 Å². The number of hydrogen-bond acceptors (Lipinski definition) is 6. The molecule has 2 rings (SSSR count). The van der Waals surface area contributed by atoms with Crippen LogP contribution >= 0.6 is 0 Å². The van der Waals surface area contributed by atoms with E-state index in [0.717, 1.165) is 6.42 Å². The van der Waals surface area contributed by atoms with E-state index in [1.165, 1.54) is 6.07 Å². The summed E-state index contributed by atoms with van der Waals surface area (Å²) < 4.78 is 5.42. The molecule has 21 heavy (non-hydrogen) atoms. The van der Waals surface area contributed by atoms with Gasteiger partial charge in [-0.2, -0.15) is 0 Å². The van der Waals surface area contributed by atoms with Gasteiger partial charge in [0.15, 0.2) is 5.84 Å². The number of anilines is 1. The van der Waals surface area contributed by atoms with Crippen molar-refractivity contribution in [3.63, 3.8) is 0 Å². The number of amidine groups is 1. The number of nitrogens with two attached hydrogens (primary N) is 1. The number of rotatable bonds is 4. The van der Waals surface area contributed by atoms with Gasteiger partial charge in [0.1, 0.15) is 5.69 Å². The van der Waals surface area contributed by atoms with E-state index in [1.54, 1.807) is 12.1 Å². The van der Waals surface area contributed by atoms with Crippen molar-refractivity contribution in [3.05, 3.63) is 33.9 Å². The van der Waals surface area contributed by atoms with Crippen LogP contribution in [0.25, 0.3) is 0 Å². The lowest BCUT2D eigenvalue weighted by atomic mass is 10.1. The van der Waals surface area contributed by atoms with Gasteiger partial charge < -0.3 is 20.6 Å². The summed E-state index contributed by atoms with van der Waals surface area (Å²) in [5, 5.41) is 22.9. The lowest BCUT2D eigenvalue weighted by Gasteiger charge is -2.36. The zero-order valence-electron chi connectivity index (χ0n) is 11.7. The Hall–Kier alpha value is -2.35. The molecule has 1 saturated heterocycles. The van der Waals surface area contributed by atoms with Gasteiger partial charge in [0.05, 0.1) is 24.2 Å². The van der Waals surface area contributed by atoms with Crippen LogP contribution in [0.2, 0.25) is 0 Å². The second-order valence-electron chi connectivity index (χ2n) is 4.78. The van der Waals surface area contributed by atoms with Crippen LogP contribution in [0, 0.1) is 10.1 Å². The van der Waals surface area contributed by atoms with Crippen molar-refractivity contribution >= 4 is 17.2 Å². The molecule has 1 fully saturated rings. The first-order chi connectivity index (χ1) is 10.1. The molecule has 8 heteroatoms. The van der Waals surface area contributed by atoms with Gasteiger partial charge in [-0.05, 0) is 18.6 Å². The van der Waals surface area contributed by atoms with Gasteiger partial charge in [0.25, 0.3) is 5.69 Å². The molecule has 0 aromatic heterocycles. The molecule has 1 aliphatic heterocycles. The highest BCUT2D eigenvalue weighted by Crippen LogP contribution is 2.32. The molecule has 0 bridgehead atoms. The molecular weight excluding hydrogens is 276 g/mol. The van der Waals surface area contributed by atoms with E-state index in [9.17, 15) is 10.1 Å². The minimum absolute atomic E-state index is 0.0561. The van der Waals surface area contributed by atoms with Gasteiger partial charge in [-0.1, -0.05) is 12.1 Å². The van der Waals surface area contributed by atoms with Gasteiger partial charge in [-0.15, -0.1) is 0 Å². The second kappa shape index (κ2) is 6.40. The van der Waals surface area contributed by atoms with Crippen molar-refractivity contribution in [2.75, 3.05) is 24.7 Å². The van der Waals surface area contributed by atoms with Crippen LogP contribution in [0.1, 0.15) is 18.9 Å². The van der Waals surface area contributed by atoms with Crippen molar-refractivity contribution in [2.45, 2.75) is 19.4 Å². The molecule has 0 aliphatic carbocycles. The molecule has 3 N–H and O–H groups in total. The molecule has 0 saturated carbocycles. The van der Waals surface area contributed by atoms with Crippen molar-refractivity contribution in [1.82, 2.24) is 0 Å². The highest BCUT2D eigenvalue weighted by Gasteiger charge is 2.28. The van der Waals surface area contributed by atoms with Gasteiger partial charge in [0, 0.05) is 18.2 Å². The van der Waals surface area contributed by atoms with Crippen LogP contribution in [-0.2, 0) is 4.74 Å². The third kappa shape index (κ3) is 3.05. The number of benzene rings is 1. The molecule has 0 spiro atoms. The van der Waals surface area contributed by atoms with E-state index in [0.29, 0.717) is 31.0 Å². The number of nitrogens with zero attached hydrogens (tertiary/aromatic N) is 3. The van der Waals surface area contributed by atoms with Crippen LogP contribution in [-0.4, -0.2) is 41.8 Å². The zero-order chi connectivity index (χ0) is 15.4. The summed E-state index contributed by atoms with van der Waals surface area (Å²) in [6, 6.07) is 4.68. The Morgan fingerprint density at radius 3 is 3.05 bits per heavy atom. The number of oxime groups is 1. The Morgan fingerprint density at radius 1 is 1.67 bits per heavy atom. The van der Waals surface area contributed by atoms with E-state index in [-0.39, 0.29) is 17.6 Å². The molecule has 114 valence electrons. The Kier molecular flexibility index (Phi) is 4.59. The molecule has 1 aromatic rings. The standard InChI is InChI=1S/C13H18N4O4/c1-2-10-8-21-6-5-16(10)11-4-3-9(13(14)15-18)7-12(11)17(19)20/h3-4,7,10,18H,2,5-6,8H2,1H3,(H2,14,15). The average Bonchev–Trinajstić information content (AvgIpc) is 2.53. The van der Waals surface area contributed by atoms with Crippen molar-refractivity contribution < 1.29 is 14.9 Å². The van der Waals surface area contributed by atoms with Crippen molar-refractivity contribution in [1.29, 1.82) is 0 Å². The maximum atomic E-state index is 11.3. The summed E-state index contributed by atoms with van der Waals surface area (Å²) in [6.45, 7) is 3.70. The van der Waals surface area contributed by atoms with Crippen LogP contribution in [0.15, 0.2) is 23.4 Å². The smallest absolute Gasteiger partial charge is 0.293 e. The summed E-state index contributed by atoms with van der Waals surface area (Å²) >= 11 is 0. The molecular formula is C13H18N4O4. The van der Waals surface area contributed by atoms with Gasteiger partial charge >= 0.3 is 0 Å². The van der Waals surface area contributed by atoms with Gasteiger partial charge in [-0.25, -0.2) is 0 Å². The first kappa shape index (κ1) is 15.0. The highest BCUT2D eigenvalue weighted by atomic mass is 16.6.